The molecule has 1 atom stereocenters. The first kappa shape index (κ1) is 12.9. The molecule has 2 heterocycles. The molecule has 0 bridgehead atoms. The molecule has 1 aromatic heterocycles. The Hall–Kier alpha value is -2.14. The zero-order valence-corrected chi connectivity index (χ0v) is 11.3. The molecule has 1 unspecified atom stereocenters. The Morgan fingerprint density at radius 3 is 2.95 bits per heavy atom. The van der Waals surface area contributed by atoms with E-state index in [0.717, 1.165) is 26.1 Å². The number of hydrogen-bond donors (Lipinski definition) is 1. The molecule has 0 amide bonds. The van der Waals surface area contributed by atoms with Gasteiger partial charge < -0.3 is 10.5 Å². The molecule has 2 N–H and O–H groups in total. The van der Waals surface area contributed by atoms with E-state index in [2.05, 4.69) is 39.1 Å². The highest BCUT2D eigenvalue weighted by atomic mass is 16.5. The third-order valence-electron chi connectivity index (χ3n) is 3.46. The number of likely N-dealkylation sites (tertiary alicyclic amines) is 1. The van der Waals surface area contributed by atoms with E-state index in [1.165, 1.54) is 11.9 Å². The summed E-state index contributed by atoms with van der Waals surface area (Å²) in [6.45, 7) is 2.89. The third-order valence-corrected chi connectivity index (χ3v) is 3.46. The third kappa shape index (κ3) is 3.05. The first-order chi connectivity index (χ1) is 9.81. The van der Waals surface area contributed by atoms with Gasteiger partial charge >= 0.3 is 0 Å². The van der Waals surface area contributed by atoms with Crippen LogP contribution in [0.3, 0.4) is 0 Å². The van der Waals surface area contributed by atoms with Crippen LogP contribution in [0, 0.1) is 0 Å². The molecule has 1 saturated heterocycles. The number of nitrogen functional groups attached to an aromatic ring is 1. The fourth-order valence-corrected chi connectivity index (χ4v) is 2.46. The van der Waals surface area contributed by atoms with Crippen LogP contribution in [-0.4, -0.2) is 34.1 Å². The van der Waals surface area contributed by atoms with Crippen molar-refractivity contribution in [1.29, 1.82) is 0 Å². The van der Waals surface area contributed by atoms with Crippen LogP contribution in [0.15, 0.2) is 42.9 Å². The standard InChI is InChI=1S/C15H18N4O/c16-14-8-17-11-18-15(14)20-13-6-7-19(10-13)9-12-4-2-1-3-5-12/h1-5,8,11,13H,6-7,9-10,16H2. The fourth-order valence-electron chi connectivity index (χ4n) is 2.46. The maximum absolute atomic E-state index is 5.86. The van der Waals surface area contributed by atoms with E-state index in [1.807, 2.05) is 6.07 Å². The molecule has 2 aromatic rings. The van der Waals surface area contributed by atoms with E-state index in [4.69, 9.17) is 10.5 Å². The van der Waals surface area contributed by atoms with E-state index in [9.17, 15) is 0 Å². The van der Waals surface area contributed by atoms with E-state index < -0.39 is 0 Å². The molecular formula is C15H18N4O. The average molecular weight is 270 g/mol. The summed E-state index contributed by atoms with van der Waals surface area (Å²) in [7, 11) is 0. The van der Waals surface area contributed by atoms with Crippen LogP contribution in [-0.2, 0) is 6.54 Å². The summed E-state index contributed by atoms with van der Waals surface area (Å²) >= 11 is 0. The predicted molar refractivity (Wildman–Crippen MR) is 77.2 cm³/mol. The summed E-state index contributed by atoms with van der Waals surface area (Å²) in [6.07, 6.45) is 4.17. The Morgan fingerprint density at radius 2 is 2.15 bits per heavy atom. The number of anilines is 1. The van der Waals surface area contributed by atoms with Gasteiger partial charge in [-0.05, 0) is 12.0 Å². The van der Waals surface area contributed by atoms with Gasteiger partial charge in [-0.1, -0.05) is 30.3 Å². The van der Waals surface area contributed by atoms with Crippen molar-refractivity contribution in [2.45, 2.75) is 19.1 Å². The highest BCUT2D eigenvalue weighted by Crippen LogP contribution is 2.21. The van der Waals surface area contributed by atoms with Crippen LogP contribution in [0.25, 0.3) is 0 Å². The molecule has 0 saturated carbocycles. The zero-order valence-electron chi connectivity index (χ0n) is 11.3. The zero-order chi connectivity index (χ0) is 13.8. The molecular weight excluding hydrogens is 252 g/mol. The number of benzene rings is 1. The maximum atomic E-state index is 5.86. The van der Waals surface area contributed by atoms with Gasteiger partial charge in [-0.15, -0.1) is 0 Å². The van der Waals surface area contributed by atoms with Gasteiger partial charge in [0.1, 0.15) is 18.1 Å². The lowest BCUT2D eigenvalue weighted by Gasteiger charge is -2.17. The lowest BCUT2D eigenvalue weighted by atomic mass is 10.2. The van der Waals surface area contributed by atoms with Crippen molar-refractivity contribution in [2.75, 3.05) is 18.8 Å². The van der Waals surface area contributed by atoms with Crippen LogP contribution in [0.5, 0.6) is 5.88 Å². The minimum Gasteiger partial charge on any atom is -0.471 e. The number of ether oxygens (including phenoxy) is 1. The smallest absolute Gasteiger partial charge is 0.240 e. The number of nitrogens with zero attached hydrogens (tertiary/aromatic N) is 3. The highest BCUT2D eigenvalue weighted by molar-refractivity contribution is 5.44. The summed E-state index contributed by atoms with van der Waals surface area (Å²) in [4.78, 5) is 10.3. The normalized spacial score (nSPS) is 19.1. The largest absolute Gasteiger partial charge is 0.471 e. The minimum atomic E-state index is 0.149. The Bertz CT molecular complexity index is 561. The van der Waals surface area contributed by atoms with Gasteiger partial charge in [0.2, 0.25) is 5.88 Å². The summed E-state index contributed by atoms with van der Waals surface area (Å²) in [5, 5.41) is 0. The van der Waals surface area contributed by atoms with Crippen LogP contribution >= 0.6 is 0 Å². The van der Waals surface area contributed by atoms with Crippen molar-refractivity contribution >= 4 is 5.69 Å². The van der Waals surface area contributed by atoms with E-state index >= 15 is 0 Å². The topological polar surface area (TPSA) is 64.3 Å². The van der Waals surface area contributed by atoms with Crippen molar-refractivity contribution in [3.05, 3.63) is 48.4 Å². The quantitative estimate of drug-likeness (QED) is 0.916. The van der Waals surface area contributed by atoms with Gasteiger partial charge in [-0.2, -0.15) is 4.98 Å². The van der Waals surface area contributed by atoms with E-state index in [-0.39, 0.29) is 6.10 Å². The second-order valence-corrected chi connectivity index (χ2v) is 5.03. The Balaban J connectivity index is 1.56. The molecule has 0 radical (unpaired) electrons. The summed E-state index contributed by atoms with van der Waals surface area (Å²) in [6, 6.07) is 10.5. The SMILES string of the molecule is Nc1cncnc1OC1CCN(Cc2ccccc2)C1. The molecule has 1 aromatic carbocycles. The summed E-state index contributed by atoms with van der Waals surface area (Å²) < 4.78 is 5.86. The van der Waals surface area contributed by atoms with Crippen molar-refractivity contribution in [3.63, 3.8) is 0 Å². The van der Waals surface area contributed by atoms with Gasteiger partial charge in [-0.25, -0.2) is 4.98 Å². The monoisotopic (exact) mass is 270 g/mol. The molecule has 0 aliphatic carbocycles. The van der Waals surface area contributed by atoms with Crippen molar-refractivity contribution in [3.8, 4) is 5.88 Å². The molecule has 104 valence electrons. The lowest BCUT2D eigenvalue weighted by molar-refractivity contribution is 0.192. The Labute approximate surface area is 118 Å². The van der Waals surface area contributed by atoms with Gasteiger partial charge in [0.25, 0.3) is 0 Å². The van der Waals surface area contributed by atoms with Gasteiger partial charge in [-0.3, -0.25) is 4.90 Å². The van der Waals surface area contributed by atoms with Crippen molar-refractivity contribution in [1.82, 2.24) is 14.9 Å². The second kappa shape index (κ2) is 5.88. The second-order valence-electron chi connectivity index (χ2n) is 5.03. The van der Waals surface area contributed by atoms with E-state index in [0.29, 0.717) is 11.6 Å². The number of rotatable bonds is 4. The van der Waals surface area contributed by atoms with Crippen LogP contribution in [0.2, 0.25) is 0 Å². The van der Waals surface area contributed by atoms with Crippen LogP contribution in [0.1, 0.15) is 12.0 Å². The number of aromatic nitrogens is 2. The van der Waals surface area contributed by atoms with Gasteiger partial charge in [0.15, 0.2) is 0 Å². The molecule has 1 aliphatic heterocycles. The predicted octanol–water partition coefficient (Wildman–Crippen LogP) is 1.71. The fraction of sp³-hybridized carbons (Fsp3) is 0.333. The molecule has 0 spiro atoms. The lowest BCUT2D eigenvalue weighted by Crippen LogP contribution is -2.25. The Morgan fingerprint density at radius 1 is 1.30 bits per heavy atom. The molecule has 20 heavy (non-hydrogen) atoms. The Kier molecular flexibility index (Phi) is 3.78. The molecule has 1 aliphatic rings. The number of nitrogens with two attached hydrogens (primary N) is 1. The van der Waals surface area contributed by atoms with Gasteiger partial charge in [0, 0.05) is 19.6 Å². The maximum Gasteiger partial charge on any atom is 0.240 e. The number of hydrogen-bond acceptors (Lipinski definition) is 5. The van der Waals surface area contributed by atoms with Crippen molar-refractivity contribution < 1.29 is 4.74 Å². The first-order valence-electron chi connectivity index (χ1n) is 6.79. The molecule has 3 rings (SSSR count). The summed E-state index contributed by atoms with van der Waals surface area (Å²) in [5.41, 5.74) is 7.62. The van der Waals surface area contributed by atoms with Crippen molar-refractivity contribution in [2.24, 2.45) is 0 Å². The van der Waals surface area contributed by atoms with Crippen LogP contribution in [0.4, 0.5) is 5.69 Å². The highest BCUT2D eigenvalue weighted by Gasteiger charge is 2.24. The van der Waals surface area contributed by atoms with Gasteiger partial charge in [0.05, 0.1) is 6.20 Å². The average Bonchev–Trinajstić information content (AvgIpc) is 2.90. The molecule has 5 nitrogen and oxygen atoms in total. The first-order valence-corrected chi connectivity index (χ1v) is 6.79. The van der Waals surface area contributed by atoms with E-state index in [1.54, 1.807) is 6.20 Å². The summed E-state index contributed by atoms with van der Waals surface area (Å²) in [5.74, 6) is 0.492. The minimum absolute atomic E-state index is 0.149. The van der Waals surface area contributed by atoms with Crippen LogP contribution < -0.4 is 10.5 Å². The molecule has 1 fully saturated rings. The molecule has 5 heteroatoms.